The number of hydrogen-bond donors (Lipinski definition) is 3. The van der Waals surface area contributed by atoms with E-state index in [0.29, 0.717) is 11.4 Å². The molecule has 0 aliphatic carbocycles. The predicted molar refractivity (Wildman–Crippen MR) is 109 cm³/mol. The minimum Gasteiger partial charge on any atom is -0.374 e. The summed E-state index contributed by atoms with van der Waals surface area (Å²) >= 11 is 5.98. The number of hydrogen-bond acceptors (Lipinski definition) is 6. The van der Waals surface area contributed by atoms with Gasteiger partial charge in [0, 0.05) is 17.8 Å². The molecule has 0 bridgehead atoms. The van der Waals surface area contributed by atoms with Crippen LogP contribution in [0.15, 0.2) is 36.4 Å². The zero-order chi connectivity index (χ0) is 21.1. The third-order valence-corrected chi connectivity index (χ3v) is 4.63. The number of rotatable bonds is 7. The van der Waals surface area contributed by atoms with E-state index in [1.807, 2.05) is 0 Å². The van der Waals surface area contributed by atoms with E-state index in [9.17, 15) is 23.3 Å². The summed E-state index contributed by atoms with van der Waals surface area (Å²) in [6.07, 6.45) is 1.05. The molecule has 1 amide bonds. The monoisotopic (exact) mass is 426 g/mol. The number of nitro groups is 1. The van der Waals surface area contributed by atoms with Crippen LogP contribution in [-0.2, 0) is 14.8 Å². The Morgan fingerprint density at radius 2 is 1.86 bits per heavy atom. The van der Waals surface area contributed by atoms with Gasteiger partial charge >= 0.3 is 0 Å². The molecule has 0 radical (unpaired) electrons. The second-order valence-electron chi connectivity index (χ2n) is 6.18. The number of amides is 1. The van der Waals surface area contributed by atoms with Gasteiger partial charge in [0.25, 0.3) is 5.69 Å². The number of benzene rings is 2. The number of non-ortho nitro benzene ring substituents is 1. The molecule has 0 spiro atoms. The number of nitro benzene ring substituents is 1. The van der Waals surface area contributed by atoms with Crippen molar-refractivity contribution >= 4 is 50.3 Å². The zero-order valence-corrected chi connectivity index (χ0v) is 16.9. The fourth-order valence-electron chi connectivity index (χ4n) is 2.30. The number of halogens is 1. The van der Waals surface area contributed by atoms with Gasteiger partial charge in [-0.2, -0.15) is 0 Å². The first-order valence-electron chi connectivity index (χ1n) is 8.06. The van der Waals surface area contributed by atoms with Crippen molar-refractivity contribution in [3.63, 3.8) is 0 Å². The smallest absolute Gasteiger partial charge is 0.271 e. The van der Waals surface area contributed by atoms with Gasteiger partial charge in [-0.15, -0.1) is 0 Å². The van der Waals surface area contributed by atoms with Crippen LogP contribution in [-0.4, -0.2) is 31.5 Å². The SMILES string of the molecule is Cc1ccc(NC(C)C(=O)Nc2ccc([N+](=O)[O-])cc2Cl)cc1NS(C)(=O)=O. The molecule has 1 atom stereocenters. The molecule has 2 aromatic carbocycles. The van der Waals surface area contributed by atoms with Gasteiger partial charge in [-0.3, -0.25) is 19.6 Å². The van der Waals surface area contributed by atoms with Crippen molar-refractivity contribution in [1.29, 1.82) is 0 Å². The highest BCUT2D eigenvalue weighted by Gasteiger charge is 2.17. The second-order valence-corrected chi connectivity index (χ2v) is 8.34. The van der Waals surface area contributed by atoms with Crippen LogP contribution in [0.2, 0.25) is 5.02 Å². The summed E-state index contributed by atoms with van der Waals surface area (Å²) < 4.78 is 25.3. The summed E-state index contributed by atoms with van der Waals surface area (Å²) in [5.41, 5.74) is 1.73. The number of carbonyl (C=O) groups is 1. The zero-order valence-electron chi connectivity index (χ0n) is 15.3. The van der Waals surface area contributed by atoms with E-state index < -0.39 is 26.9 Å². The Bertz CT molecular complexity index is 1030. The summed E-state index contributed by atoms with van der Waals surface area (Å²) in [5, 5.41) is 16.3. The lowest BCUT2D eigenvalue weighted by atomic mass is 10.1. The van der Waals surface area contributed by atoms with Crippen molar-refractivity contribution < 1.29 is 18.1 Å². The maximum atomic E-state index is 12.4. The Morgan fingerprint density at radius 3 is 2.43 bits per heavy atom. The first kappa shape index (κ1) is 21.5. The molecule has 2 aromatic rings. The summed E-state index contributed by atoms with van der Waals surface area (Å²) in [7, 11) is -3.44. The van der Waals surface area contributed by atoms with Gasteiger partial charge in [0.15, 0.2) is 0 Å². The summed E-state index contributed by atoms with van der Waals surface area (Å²) in [6.45, 7) is 3.36. The molecule has 0 aliphatic heterocycles. The lowest BCUT2D eigenvalue weighted by Crippen LogP contribution is -2.32. The molecule has 0 aromatic heterocycles. The molecule has 9 nitrogen and oxygen atoms in total. The molecule has 11 heteroatoms. The maximum absolute atomic E-state index is 12.4. The Labute approximate surface area is 167 Å². The van der Waals surface area contributed by atoms with E-state index in [1.54, 1.807) is 32.0 Å². The number of anilines is 3. The third-order valence-electron chi connectivity index (χ3n) is 3.73. The third kappa shape index (κ3) is 5.83. The molecule has 0 saturated carbocycles. The van der Waals surface area contributed by atoms with E-state index in [0.717, 1.165) is 17.9 Å². The molecule has 1 unspecified atom stereocenters. The van der Waals surface area contributed by atoms with Gasteiger partial charge in [0.05, 0.1) is 27.6 Å². The summed E-state index contributed by atoms with van der Waals surface area (Å²) in [6, 6.07) is 8.06. The first-order valence-corrected chi connectivity index (χ1v) is 10.3. The van der Waals surface area contributed by atoms with Gasteiger partial charge < -0.3 is 10.6 Å². The Morgan fingerprint density at radius 1 is 1.18 bits per heavy atom. The fourth-order valence-corrected chi connectivity index (χ4v) is 3.14. The molecule has 150 valence electrons. The van der Waals surface area contributed by atoms with E-state index in [-0.39, 0.29) is 16.4 Å². The van der Waals surface area contributed by atoms with Crippen LogP contribution < -0.4 is 15.4 Å². The van der Waals surface area contributed by atoms with E-state index >= 15 is 0 Å². The second kappa shape index (κ2) is 8.44. The van der Waals surface area contributed by atoms with Crippen molar-refractivity contribution in [2.24, 2.45) is 0 Å². The highest BCUT2D eigenvalue weighted by atomic mass is 35.5. The van der Waals surface area contributed by atoms with Crippen LogP contribution in [0.25, 0.3) is 0 Å². The topological polar surface area (TPSA) is 130 Å². The average Bonchev–Trinajstić information content (AvgIpc) is 2.58. The number of nitrogens with one attached hydrogen (secondary N) is 3. The maximum Gasteiger partial charge on any atom is 0.271 e. The van der Waals surface area contributed by atoms with Crippen LogP contribution in [0.3, 0.4) is 0 Å². The molecule has 0 aliphatic rings. The van der Waals surface area contributed by atoms with Gasteiger partial charge in [0.2, 0.25) is 15.9 Å². The largest absolute Gasteiger partial charge is 0.374 e. The van der Waals surface area contributed by atoms with Crippen LogP contribution in [0.5, 0.6) is 0 Å². The standard InChI is InChI=1S/C17H19ClN4O5S/c1-10-4-5-12(8-16(10)21-28(3,26)27)19-11(2)17(23)20-15-7-6-13(22(24)25)9-14(15)18/h4-9,11,19,21H,1-3H3,(H,20,23). The highest BCUT2D eigenvalue weighted by Crippen LogP contribution is 2.27. The van der Waals surface area contributed by atoms with E-state index in [2.05, 4.69) is 15.4 Å². The van der Waals surface area contributed by atoms with E-state index in [1.165, 1.54) is 12.1 Å². The molecule has 0 fully saturated rings. The minimum atomic E-state index is -3.44. The minimum absolute atomic E-state index is 0.0460. The molecular formula is C17H19ClN4O5S. The highest BCUT2D eigenvalue weighted by molar-refractivity contribution is 7.92. The molecule has 0 heterocycles. The first-order chi connectivity index (χ1) is 13.0. The average molecular weight is 427 g/mol. The van der Waals surface area contributed by atoms with Gasteiger partial charge in [-0.25, -0.2) is 8.42 Å². The summed E-state index contributed by atoms with van der Waals surface area (Å²) in [5.74, 6) is -0.422. The van der Waals surface area contributed by atoms with Crippen LogP contribution in [0.1, 0.15) is 12.5 Å². The van der Waals surface area contributed by atoms with Gasteiger partial charge in [-0.1, -0.05) is 17.7 Å². The predicted octanol–water partition coefficient (Wildman–Crippen LogP) is 3.37. The van der Waals surface area contributed by atoms with Crippen LogP contribution >= 0.6 is 11.6 Å². The van der Waals surface area contributed by atoms with Crippen molar-refractivity contribution in [2.75, 3.05) is 21.6 Å². The molecular weight excluding hydrogens is 408 g/mol. The van der Waals surface area contributed by atoms with Crippen LogP contribution in [0.4, 0.5) is 22.7 Å². The lowest BCUT2D eigenvalue weighted by Gasteiger charge is -2.17. The fraction of sp³-hybridized carbons (Fsp3) is 0.235. The number of aryl methyl sites for hydroxylation is 1. The lowest BCUT2D eigenvalue weighted by molar-refractivity contribution is -0.384. The van der Waals surface area contributed by atoms with Crippen molar-refractivity contribution in [3.8, 4) is 0 Å². The van der Waals surface area contributed by atoms with Crippen LogP contribution in [0, 0.1) is 17.0 Å². The van der Waals surface area contributed by atoms with Gasteiger partial charge in [-0.05, 0) is 37.6 Å². The quantitative estimate of drug-likeness (QED) is 0.459. The van der Waals surface area contributed by atoms with Crippen molar-refractivity contribution in [3.05, 3.63) is 57.1 Å². The number of nitrogens with zero attached hydrogens (tertiary/aromatic N) is 1. The molecule has 0 saturated heterocycles. The molecule has 2 rings (SSSR count). The Balaban J connectivity index is 2.10. The van der Waals surface area contributed by atoms with E-state index in [4.69, 9.17) is 11.6 Å². The molecule has 3 N–H and O–H groups in total. The van der Waals surface area contributed by atoms with Crippen molar-refractivity contribution in [1.82, 2.24) is 0 Å². The Kier molecular flexibility index (Phi) is 6.47. The van der Waals surface area contributed by atoms with Crippen molar-refractivity contribution in [2.45, 2.75) is 19.9 Å². The Hall–Kier alpha value is -2.85. The molecule has 28 heavy (non-hydrogen) atoms. The number of sulfonamides is 1. The number of carbonyl (C=O) groups excluding carboxylic acids is 1. The summed E-state index contributed by atoms with van der Waals surface area (Å²) in [4.78, 5) is 22.6. The van der Waals surface area contributed by atoms with Gasteiger partial charge in [0.1, 0.15) is 6.04 Å². The normalized spacial score (nSPS) is 12.1.